The molecule has 0 bridgehead atoms. The number of anilines is 1. The summed E-state index contributed by atoms with van der Waals surface area (Å²) < 4.78 is 7.31. The van der Waals surface area contributed by atoms with Crippen LogP contribution >= 0.6 is 0 Å². The van der Waals surface area contributed by atoms with Gasteiger partial charge in [-0.05, 0) is 38.5 Å². The predicted octanol–water partition coefficient (Wildman–Crippen LogP) is 4.34. The van der Waals surface area contributed by atoms with E-state index in [9.17, 15) is 9.59 Å². The molecule has 1 amide bonds. The van der Waals surface area contributed by atoms with Gasteiger partial charge >= 0.3 is 0 Å². The molecule has 33 heavy (non-hydrogen) atoms. The van der Waals surface area contributed by atoms with Crippen LogP contribution in [0.5, 0.6) is 0 Å². The molecule has 0 spiro atoms. The predicted molar refractivity (Wildman–Crippen MR) is 122 cm³/mol. The number of rotatable bonds is 5. The van der Waals surface area contributed by atoms with Gasteiger partial charge in [-0.15, -0.1) is 0 Å². The fourth-order valence-electron chi connectivity index (χ4n) is 3.73. The van der Waals surface area contributed by atoms with Crippen molar-refractivity contribution in [1.29, 1.82) is 0 Å². The molecule has 0 radical (unpaired) electrons. The zero-order chi connectivity index (χ0) is 23.1. The number of carbonyl (C=O) groups is 2. The minimum absolute atomic E-state index is 0.122. The second kappa shape index (κ2) is 7.94. The molecule has 9 heteroatoms. The van der Waals surface area contributed by atoms with Crippen molar-refractivity contribution in [3.05, 3.63) is 78.1 Å². The zero-order valence-electron chi connectivity index (χ0n) is 18.2. The molecule has 5 heterocycles. The summed E-state index contributed by atoms with van der Waals surface area (Å²) in [7, 11) is 0. The Kier molecular flexibility index (Phi) is 4.93. The molecular weight excluding hydrogens is 420 g/mol. The van der Waals surface area contributed by atoms with Crippen LogP contribution in [-0.4, -0.2) is 36.2 Å². The molecule has 0 saturated carbocycles. The van der Waals surface area contributed by atoms with E-state index in [2.05, 4.69) is 25.3 Å². The summed E-state index contributed by atoms with van der Waals surface area (Å²) in [6, 6.07) is 3.39. The maximum atomic E-state index is 13.3. The molecule has 0 aliphatic carbocycles. The van der Waals surface area contributed by atoms with Crippen LogP contribution in [0.1, 0.15) is 51.9 Å². The van der Waals surface area contributed by atoms with E-state index in [1.165, 1.54) is 24.9 Å². The first-order valence-electron chi connectivity index (χ1n) is 10.4. The van der Waals surface area contributed by atoms with Crippen LogP contribution in [0.2, 0.25) is 0 Å². The average molecular weight is 440 g/mol. The van der Waals surface area contributed by atoms with Gasteiger partial charge in [0.05, 0.1) is 29.9 Å². The normalized spacial score (nSPS) is 11.4. The van der Waals surface area contributed by atoms with Crippen molar-refractivity contribution in [3.63, 3.8) is 0 Å². The van der Waals surface area contributed by atoms with Crippen LogP contribution in [0.25, 0.3) is 22.0 Å². The van der Waals surface area contributed by atoms with E-state index in [1.807, 2.05) is 25.3 Å². The van der Waals surface area contributed by atoms with Crippen LogP contribution in [0.15, 0.2) is 60.1 Å². The summed E-state index contributed by atoms with van der Waals surface area (Å²) in [5.41, 5.74) is 3.67. The Morgan fingerprint density at radius 1 is 1.03 bits per heavy atom. The highest BCUT2D eigenvalue weighted by molar-refractivity contribution is 6.16. The number of furan rings is 1. The lowest BCUT2D eigenvalue weighted by atomic mass is 10.1. The topological polar surface area (TPSA) is 116 Å². The number of hydrogen-bond donors (Lipinski definition) is 1. The van der Waals surface area contributed by atoms with Gasteiger partial charge in [-0.25, -0.2) is 15.0 Å². The first kappa shape index (κ1) is 20.5. The van der Waals surface area contributed by atoms with Gasteiger partial charge in [0.2, 0.25) is 0 Å². The van der Waals surface area contributed by atoms with Crippen LogP contribution in [0, 0.1) is 6.92 Å². The smallest absolute Gasteiger partial charge is 0.274 e. The van der Waals surface area contributed by atoms with Crippen LogP contribution in [0.4, 0.5) is 5.69 Å². The first-order valence-corrected chi connectivity index (χ1v) is 10.4. The van der Waals surface area contributed by atoms with Crippen molar-refractivity contribution in [2.24, 2.45) is 0 Å². The maximum absolute atomic E-state index is 13.3. The van der Waals surface area contributed by atoms with Gasteiger partial charge in [0.15, 0.2) is 11.4 Å². The van der Waals surface area contributed by atoms with Crippen molar-refractivity contribution in [2.75, 3.05) is 5.32 Å². The van der Waals surface area contributed by atoms with E-state index in [0.29, 0.717) is 33.4 Å². The molecule has 0 atom stereocenters. The molecule has 0 aromatic carbocycles. The molecule has 5 rings (SSSR count). The molecular formula is C24H20N6O3. The highest BCUT2D eigenvalue weighted by Crippen LogP contribution is 2.25. The minimum Gasteiger partial charge on any atom is -0.462 e. The molecule has 0 unspecified atom stereocenters. The third-order valence-electron chi connectivity index (χ3n) is 5.44. The van der Waals surface area contributed by atoms with E-state index in [4.69, 9.17) is 4.42 Å². The Morgan fingerprint density at radius 2 is 1.88 bits per heavy atom. The molecule has 1 N–H and O–H groups in total. The van der Waals surface area contributed by atoms with Gasteiger partial charge in [-0.2, -0.15) is 0 Å². The van der Waals surface area contributed by atoms with Gasteiger partial charge in [0, 0.05) is 41.0 Å². The number of aromatic nitrogens is 5. The number of pyridine rings is 2. The lowest BCUT2D eigenvalue weighted by Gasteiger charge is -2.07. The van der Waals surface area contributed by atoms with E-state index < -0.39 is 5.91 Å². The number of aryl methyl sites for hydroxylation is 1. The quantitative estimate of drug-likeness (QED) is 0.404. The summed E-state index contributed by atoms with van der Waals surface area (Å²) in [5, 5.41) is 4.25. The molecule has 164 valence electrons. The second-order valence-electron chi connectivity index (χ2n) is 8.03. The Labute approximate surface area is 188 Å². The van der Waals surface area contributed by atoms with Crippen molar-refractivity contribution in [3.8, 4) is 0 Å². The number of carbonyl (C=O) groups excluding carboxylic acids is 2. The molecule has 5 aromatic rings. The Morgan fingerprint density at radius 3 is 2.70 bits per heavy atom. The van der Waals surface area contributed by atoms with Gasteiger partial charge in [0.1, 0.15) is 17.7 Å². The number of hydrogen-bond acceptors (Lipinski definition) is 7. The minimum atomic E-state index is -0.409. The largest absolute Gasteiger partial charge is 0.462 e. The van der Waals surface area contributed by atoms with Gasteiger partial charge in [-0.3, -0.25) is 14.6 Å². The monoisotopic (exact) mass is 440 g/mol. The fraction of sp³-hybridized carbons (Fsp3) is 0.167. The van der Waals surface area contributed by atoms with E-state index in [-0.39, 0.29) is 17.5 Å². The highest BCUT2D eigenvalue weighted by Gasteiger charge is 2.20. The Balaban J connectivity index is 1.44. The number of nitrogens with zero attached hydrogens (tertiary/aromatic N) is 5. The SMILES string of the molecule is Cc1coc2cnc(C(=O)Nc3cncc(C(=O)c4cn(C(C)C)c5ncncc45)c3)cc12. The number of nitrogens with one attached hydrogen (secondary N) is 1. The molecule has 5 aromatic heterocycles. The summed E-state index contributed by atoms with van der Waals surface area (Å²) >= 11 is 0. The van der Waals surface area contributed by atoms with Crippen molar-refractivity contribution < 1.29 is 14.0 Å². The lowest BCUT2D eigenvalue weighted by molar-refractivity contribution is 0.101. The van der Waals surface area contributed by atoms with Crippen molar-refractivity contribution in [1.82, 2.24) is 24.5 Å². The maximum Gasteiger partial charge on any atom is 0.274 e. The molecule has 0 fully saturated rings. The summed E-state index contributed by atoms with van der Waals surface area (Å²) in [4.78, 5) is 42.8. The van der Waals surface area contributed by atoms with Gasteiger partial charge < -0.3 is 14.3 Å². The second-order valence-corrected chi connectivity index (χ2v) is 8.03. The Bertz CT molecular complexity index is 1530. The zero-order valence-corrected chi connectivity index (χ0v) is 18.2. The lowest BCUT2D eigenvalue weighted by Crippen LogP contribution is -2.14. The number of amides is 1. The third-order valence-corrected chi connectivity index (χ3v) is 5.44. The van der Waals surface area contributed by atoms with Crippen LogP contribution in [0.3, 0.4) is 0 Å². The average Bonchev–Trinajstić information content (AvgIpc) is 3.39. The highest BCUT2D eigenvalue weighted by atomic mass is 16.3. The van der Waals surface area contributed by atoms with Gasteiger partial charge in [-0.1, -0.05) is 0 Å². The summed E-state index contributed by atoms with van der Waals surface area (Å²) in [6.07, 6.45) is 11.0. The van der Waals surface area contributed by atoms with E-state index in [1.54, 1.807) is 30.8 Å². The molecule has 0 aliphatic rings. The van der Waals surface area contributed by atoms with E-state index >= 15 is 0 Å². The van der Waals surface area contributed by atoms with Crippen LogP contribution < -0.4 is 5.32 Å². The summed E-state index contributed by atoms with van der Waals surface area (Å²) in [5.74, 6) is -0.639. The van der Waals surface area contributed by atoms with Gasteiger partial charge in [0.25, 0.3) is 5.91 Å². The number of ketones is 1. The molecule has 0 saturated heterocycles. The molecule has 9 nitrogen and oxygen atoms in total. The fourth-order valence-corrected chi connectivity index (χ4v) is 3.73. The first-order chi connectivity index (χ1) is 15.9. The van der Waals surface area contributed by atoms with Crippen molar-refractivity contribution >= 4 is 39.4 Å². The Hall–Kier alpha value is -4.40. The van der Waals surface area contributed by atoms with Crippen molar-refractivity contribution in [2.45, 2.75) is 26.8 Å². The third kappa shape index (κ3) is 3.63. The standard InChI is InChI=1S/C24H20N6O3/c1-13(2)30-10-19(18-8-26-12-28-23(18)30)22(31)15-4-16(7-25-6-15)29-24(32)20-5-17-14(3)11-33-21(17)9-27-20/h4-13H,1-3H3,(H,29,32). The van der Waals surface area contributed by atoms with Crippen LogP contribution in [-0.2, 0) is 0 Å². The van der Waals surface area contributed by atoms with E-state index in [0.717, 1.165) is 10.9 Å². The summed E-state index contributed by atoms with van der Waals surface area (Å²) in [6.45, 7) is 5.93. The number of fused-ring (bicyclic) bond motifs is 2. The molecule has 0 aliphatic heterocycles.